The number of benzene rings is 2. The Morgan fingerprint density at radius 2 is 1.74 bits per heavy atom. The van der Waals surface area contributed by atoms with Crippen LogP contribution in [0.25, 0.3) is 0 Å². The van der Waals surface area contributed by atoms with Crippen molar-refractivity contribution in [3.63, 3.8) is 0 Å². The van der Waals surface area contributed by atoms with Crippen molar-refractivity contribution >= 4 is 15.9 Å². The first-order chi connectivity index (χ1) is 12.8. The molecule has 0 unspecified atom stereocenters. The number of nitrogens with zero attached hydrogens (tertiary/aromatic N) is 1. The number of ether oxygens (including phenoxy) is 1. The van der Waals surface area contributed by atoms with Gasteiger partial charge in [-0.2, -0.15) is 0 Å². The van der Waals surface area contributed by atoms with Gasteiger partial charge >= 0.3 is 0 Å². The highest BCUT2D eigenvalue weighted by atomic mass is 32.2. The normalized spacial score (nSPS) is 11.2. The number of halogens is 1. The highest BCUT2D eigenvalue weighted by Gasteiger charge is 2.15. The smallest absolute Gasteiger partial charge is 0.240 e. The van der Waals surface area contributed by atoms with Gasteiger partial charge in [0.1, 0.15) is 18.2 Å². The third-order valence-corrected chi connectivity index (χ3v) is 5.37. The Labute approximate surface area is 159 Å². The van der Waals surface area contributed by atoms with Gasteiger partial charge in [0.05, 0.1) is 11.4 Å². The fraction of sp³-hybridized carbons (Fsp3) is 0.316. The maximum Gasteiger partial charge on any atom is 0.240 e. The zero-order valence-corrected chi connectivity index (χ0v) is 16.1. The molecule has 0 heterocycles. The average Bonchev–Trinajstić information content (AvgIpc) is 2.63. The second-order valence-electron chi connectivity index (χ2n) is 6.08. The van der Waals surface area contributed by atoms with Gasteiger partial charge in [0.25, 0.3) is 0 Å². The molecule has 0 spiro atoms. The molecule has 2 rings (SSSR count). The number of sulfonamides is 1. The fourth-order valence-corrected chi connectivity index (χ4v) is 3.27. The van der Waals surface area contributed by atoms with Crippen LogP contribution in [0.5, 0.6) is 5.75 Å². The number of rotatable bonds is 9. The molecule has 2 aromatic rings. The molecule has 2 aromatic carbocycles. The van der Waals surface area contributed by atoms with Gasteiger partial charge in [0.15, 0.2) is 0 Å². The molecule has 27 heavy (non-hydrogen) atoms. The molecule has 0 aliphatic carbocycles. The number of carbonyl (C=O) groups excluding carboxylic acids is 1. The third-order valence-electron chi connectivity index (χ3n) is 3.90. The fourth-order valence-electron chi connectivity index (χ4n) is 2.24. The largest absolute Gasteiger partial charge is 0.492 e. The summed E-state index contributed by atoms with van der Waals surface area (Å²) in [5.41, 5.74) is 1.14. The summed E-state index contributed by atoms with van der Waals surface area (Å²) in [6, 6.07) is 12.1. The predicted molar refractivity (Wildman–Crippen MR) is 101 cm³/mol. The molecule has 0 saturated heterocycles. The number of aryl methyl sites for hydroxylation is 1. The van der Waals surface area contributed by atoms with E-state index in [1.54, 1.807) is 7.05 Å². The van der Waals surface area contributed by atoms with Crippen molar-refractivity contribution in [3.05, 3.63) is 59.9 Å². The van der Waals surface area contributed by atoms with Crippen LogP contribution in [0.2, 0.25) is 0 Å². The molecule has 0 fully saturated rings. The van der Waals surface area contributed by atoms with Gasteiger partial charge in [-0.25, -0.2) is 17.5 Å². The van der Waals surface area contributed by atoms with E-state index >= 15 is 0 Å². The second-order valence-corrected chi connectivity index (χ2v) is 7.85. The molecular formula is C19H23FN2O4S. The van der Waals surface area contributed by atoms with Crippen LogP contribution < -0.4 is 9.46 Å². The first-order valence-electron chi connectivity index (χ1n) is 8.46. The first-order valence-corrected chi connectivity index (χ1v) is 9.95. The monoisotopic (exact) mass is 394 g/mol. The number of carbonyl (C=O) groups is 1. The molecule has 146 valence electrons. The Kier molecular flexibility index (Phi) is 7.32. The Morgan fingerprint density at radius 3 is 2.37 bits per heavy atom. The molecule has 0 radical (unpaired) electrons. The first kappa shape index (κ1) is 20.9. The van der Waals surface area contributed by atoms with Crippen LogP contribution in [0.3, 0.4) is 0 Å². The van der Waals surface area contributed by atoms with E-state index < -0.39 is 15.8 Å². The number of nitrogens with one attached hydrogen (secondary N) is 1. The van der Waals surface area contributed by atoms with Gasteiger partial charge in [0.2, 0.25) is 15.9 Å². The summed E-state index contributed by atoms with van der Waals surface area (Å²) >= 11 is 0. The predicted octanol–water partition coefficient (Wildman–Crippen LogP) is 2.34. The van der Waals surface area contributed by atoms with E-state index in [0.29, 0.717) is 13.2 Å². The van der Waals surface area contributed by atoms with Crippen molar-refractivity contribution in [1.29, 1.82) is 0 Å². The van der Waals surface area contributed by atoms with Crippen molar-refractivity contribution in [2.75, 3.05) is 26.7 Å². The molecule has 6 nitrogen and oxygen atoms in total. The summed E-state index contributed by atoms with van der Waals surface area (Å²) in [7, 11) is -2.13. The second kappa shape index (κ2) is 9.48. The van der Waals surface area contributed by atoms with Crippen molar-refractivity contribution in [1.82, 2.24) is 9.62 Å². The van der Waals surface area contributed by atoms with E-state index in [1.165, 1.54) is 17.0 Å². The molecule has 0 bridgehead atoms. The third kappa shape index (κ3) is 6.65. The number of hydrogen-bond acceptors (Lipinski definition) is 4. The van der Waals surface area contributed by atoms with E-state index in [2.05, 4.69) is 4.72 Å². The lowest BCUT2D eigenvalue weighted by atomic mass is 10.2. The SMILES string of the molecule is Cc1ccc(OCCN(C)C(=O)CCNS(=O)(=O)c2ccc(F)cc2)cc1. The summed E-state index contributed by atoms with van der Waals surface area (Å²) in [4.78, 5) is 13.5. The van der Waals surface area contributed by atoms with Gasteiger partial charge in [-0.15, -0.1) is 0 Å². The van der Waals surface area contributed by atoms with Crippen molar-refractivity contribution in [2.45, 2.75) is 18.2 Å². The van der Waals surface area contributed by atoms with E-state index in [9.17, 15) is 17.6 Å². The molecule has 1 amide bonds. The van der Waals surface area contributed by atoms with E-state index in [0.717, 1.165) is 23.4 Å². The lowest BCUT2D eigenvalue weighted by Crippen LogP contribution is -2.34. The van der Waals surface area contributed by atoms with Crippen LogP contribution in [0, 0.1) is 12.7 Å². The van der Waals surface area contributed by atoms with Gasteiger partial charge in [-0.3, -0.25) is 4.79 Å². The quantitative estimate of drug-likeness (QED) is 0.708. The summed E-state index contributed by atoms with van der Waals surface area (Å²) in [6.45, 7) is 2.67. The molecule has 0 aromatic heterocycles. The van der Waals surface area contributed by atoms with E-state index in [4.69, 9.17) is 4.74 Å². The molecule has 8 heteroatoms. The van der Waals surface area contributed by atoms with Gasteiger partial charge in [-0.05, 0) is 43.3 Å². The molecule has 0 saturated carbocycles. The van der Waals surface area contributed by atoms with Crippen LogP contribution in [-0.2, 0) is 14.8 Å². The average molecular weight is 394 g/mol. The Bertz CT molecular complexity index is 852. The molecule has 0 atom stereocenters. The standard InChI is InChI=1S/C19H23FN2O4S/c1-15-3-7-17(8-4-15)26-14-13-22(2)19(23)11-12-21-27(24,25)18-9-5-16(20)6-10-18/h3-10,21H,11-14H2,1-2H3. The van der Waals surface area contributed by atoms with Gasteiger partial charge in [-0.1, -0.05) is 17.7 Å². The molecule has 1 N–H and O–H groups in total. The highest BCUT2D eigenvalue weighted by Crippen LogP contribution is 2.11. The topological polar surface area (TPSA) is 75.7 Å². The van der Waals surface area contributed by atoms with Crippen molar-refractivity contribution in [2.24, 2.45) is 0 Å². The van der Waals surface area contributed by atoms with Crippen LogP contribution in [0.1, 0.15) is 12.0 Å². The van der Waals surface area contributed by atoms with E-state index in [1.807, 2.05) is 31.2 Å². The van der Waals surface area contributed by atoms with Gasteiger partial charge < -0.3 is 9.64 Å². The minimum absolute atomic E-state index is 0.0153. The maximum atomic E-state index is 12.9. The van der Waals surface area contributed by atoms with Crippen LogP contribution in [-0.4, -0.2) is 46.0 Å². The van der Waals surface area contributed by atoms with Crippen molar-refractivity contribution in [3.8, 4) is 5.75 Å². The van der Waals surface area contributed by atoms with Crippen LogP contribution in [0.15, 0.2) is 53.4 Å². The summed E-state index contributed by atoms with van der Waals surface area (Å²) < 4.78 is 44.9. The van der Waals surface area contributed by atoms with Crippen LogP contribution >= 0.6 is 0 Å². The molecule has 0 aliphatic heterocycles. The lowest BCUT2D eigenvalue weighted by Gasteiger charge is -2.17. The van der Waals surface area contributed by atoms with Crippen LogP contribution in [0.4, 0.5) is 4.39 Å². The van der Waals surface area contributed by atoms with E-state index in [-0.39, 0.29) is 23.8 Å². The minimum atomic E-state index is -3.77. The Morgan fingerprint density at radius 1 is 1.11 bits per heavy atom. The lowest BCUT2D eigenvalue weighted by molar-refractivity contribution is -0.130. The zero-order chi connectivity index (χ0) is 19.9. The Balaban J connectivity index is 1.72. The summed E-state index contributed by atoms with van der Waals surface area (Å²) in [5.74, 6) is 0.0106. The maximum absolute atomic E-state index is 12.9. The number of amides is 1. The highest BCUT2D eigenvalue weighted by molar-refractivity contribution is 7.89. The number of likely N-dealkylation sites (N-methyl/N-ethyl adjacent to an activating group) is 1. The minimum Gasteiger partial charge on any atom is -0.492 e. The molecule has 0 aliphatic rings. The number of hydrogen-bond donors (Lipinski definition) is 1. The van der Waals surface area contributed by atoms with Crippen molar-refractivity contribution < 1.29 is 22.3 Å². The Hall–Kier alpha value is -2.45. The summed E-state index contributed by atoms with van der Waals surface area (Å²) in [5, 5.41) is 0. The van der Waals surface area contributed by atoms with Gasteiger partial charge in [0, 0.05) is 20.0 Å². The zero-order valence-electron chi connectivity index (χ0n) is 15.3. The molecular weight excluding hydrogens is 371 g/mol. The summed E-state index contributed by atoms with van der Waals surface area (Å²) in [6.07, 6.45) is 0.0153.